The highest BCUT2D eigenvalue weighted by Gasteiger charge is 2.29. The third-order valence-corrected chi connectivity index (χ3v) is 4.25. The number of hydrogen-bond acceptors (Lipinski definition) is 6. The molecule has 0 aliphatic rings. The van der Waals surface area contributed by atoms with Crippen LogP contribution in [0.4, 0.5) is 0 Å². The molecule has 0 aromatic carbocycles. The minimum absolute atomic E-state index is 0.163. The van der Waals surface area contributed by atoms with E-state index in [9.17, 15) is 13.8 Å². The van der Waals surface area contributed by atoms with Gasteiger partial charge >= 0.3 is 11.9 Å². The van der Waals surface area contributed by atoms with E-state index in [1.807, 2.05) is 0 Å². The van der Waals surface area contributed by atoms with Gasteiger partial charge < -0.3 is 9.47 Å². The van der Waals surface area contributed by atoms with Gasteiger partial charge in [0.1, 0.15) is 0 Å². The minimum atomic E-state index is -1.46. The summed E-state index contributed by atoms with van der Waals surface area (Å²) in [4.78, 5) is 23.9. The van der Waals surface area contributed by atoms with E-state index in [2.05, 4.69) is 0 Å². The zero-order valence-electron chi connectivity index (χ0n) is 12.0. The van der Waals surface area contributed by atoms with Crippen molar-refractivity contribution in [1.29, 1.82) is 0 Å². The van der Waals surface area contributed by atoms with Crippen LogP contribution in [0.15, 0.2) is 9.81 Å². The number of thioether (sulfide) groups is 1. The lowest BCUT2D eigenvalue weighted by atomic mass is 10.3. The molecule has 0 fully saturated rings. The number of esters is 2. The summed E-state index contributed by atoms with van der Waals surface area (Å²) in [5, 5.41) is 0. The smallest absolute Gasteiger partial charge is 0.347 e. The summed E-state index contributed by atoms with van der Waals surface area (Å²) in [7, 11) is -1.46. The molecule has 0 aliphatic heterocycles. The van der Waals surface area contributed by atoms with Gasteiger partial charge in [0.25, 0.3) is 0 Å². The van der Waals surface area contributed by atoms with Crippen LogP contribution in [0.1, 0.15) is 27.7 Å². The maximum atomic E-state index is 12.0. The zero-order valence-corrected chi connectivity index (χ0v) is 13.6. The molecule has 0 saturated heterocycles. The van der Waals surface area contributed by atoms with E-state index in [0.717, 1.165) is 11.8 Å². The Morgan fingerprint density at radius 1 is 1.00 bits per heavy atom. The Balaban J connectivity index is 5.54. The van der Waals surface area contributed by atoms with E-state index in [-0.39, 0.29) is 22.0 Å². The van der Waals surface area contributed by atoms with Gasteiger partial charge in [-0.3, -0.25) is 4.21 Å². The lowest BCUT2D eigenvalue weighted by Gasteiger charge is -2.14. The Bertz CT molecular complexity index is 375. The van der Waals surface area contributed by atoms with Crippen molar-refractivity contribution in [3.8, 4) is 0 Å². The van der Waals surface area contributed by atoms with Crippen LogP contribution in [0.25, 0.3) is 0 Å². The van der Waals surface area contributed by atoms with E-state index in [1.54, 1.807) is 34.0 Å². The van der Waals surface area contributed by atoms with Gasteiger partial charge in [0.2, 0.25) is 0 Å². The van der Waals surface area contributed by atoms with E-state index >= 15 is 0 Å². The molecule has 0 N–H and O–H groups in total. The summed E-state index contributed by atoms with van der Waals surface area (Å²) in [5.41, 5.74) is -0.282. The Morgan fingerprint density at radius 3 is 1.58 bits per heavy atom. The van der Waals surface area contributed by atoms with Gasteiger partial charge in [0.05, 0.1) is 27.2 Å². The molecule has 19 heavy (non-hydrogen) atoms. The van der Waals surface area contributed by atoms with E-state index < -0.39 is 22.7 Å². The Kier molecular flexibility index (Phi) is 8.01. The Hall–Kier alpha value is -0.820. The normalized spacial score (nSPS) is 12.2. The summed E-state index contributed by atoms with van der Waals surface area (Å²) < 4.78 is 21.8. The number of rotatable bonds is 6. The van der Waals surface area contributed by atoms with Crippen LogP contribution in [0.2, 0.25) is 0 Å². The quantitative estimate of drug-likeness (QED) is 0.323. The third kappa shape index (κ3) is 6.24. The van der Waals surface area contributed by atoms with Gasteiger partial charge in [-0.2, -0.15) is 0 Å². The first kappa shape index (κ1) is 18.2. The molecule has 5 nitrogen and oxygen atoms in total. The van der Waals surface area contributed by atoms with Crippen LogP contribution in [0, 0.1) is 0 Å². The molecule has 0 aromatic rings. The van der Waals surface area contributed by atoms with Gasteiger partial charge in [-0.15, -0.1) is 11.8 Å². The number of hydrogen-bond donors (Lipinski definition) is 0. The fourth-order valence-electron chi connectivity index (χ4n) is 1.16. The van der Waals surface area contributed by atoms with Crippen LogP contribution in [0.3, 0.4) is 0 Å². The monoisotopic (exact) mass is 308 g/mol. The molecule has 0 amide bonds. The number of ether oxygens (including phenoxy) is 2. The summed E-state index contributed by atoms with van der Waals surface area (Å²) in [6.45, 7) is 6.69. The highest BCUT2D eigenvalue weighted by Crippen LogP contribution is 2.23. The van der Waals surface area contributed by atoms with Crippen molar-refractivity contribution in [3.05, 3.63) is 9.81 Å². The molecule has 0 heterocycles. The summed E-state index contributed by atoms with van der Waals surface area (Å²) in [6.07, 6.45) is 2.30. The maximum Gasteiger partial charge on any atom is 0.347 e. The molecule has 110 valence electrons. The molecule has 7 heteroatoms. The fourth-order valence-corrected chi connectivity index (χ4v) is 2.92. The SMILES string of the molecule is CSC(=C(C(=O)OC(C)C)C(=O)OC(C)C)S(C)=O. The predicted molar refractivity (Wildman–Crippen MR) is 77.1 cm³/mol. The second-order valence-electron chi connectivity index (χ2n) is 4.23. The van der Waals surface area contributed by atoms with E-state index in [4.69, 9.17) is 9.47 Å². The van der Waals surface area contributed by atoms with E-state index in [1.165, 1.54) is 6.26 Å². The van der Waals surface area contributed by atoms with Gasteiger partial charge in [0, 0.05) is 6.26 Å². The van der Waals surface area contributed by atoms with Gasteiger partial charge in [0.15, 0.2) is 5.57 Å². The lowest BCUT2D eigenvalue weighted by Crippen LogP contribution is -2.25. The van der Waals surface area contributed by atoms with Crippen molar-refractivity contribution in [2.24, 2.45) is 0 Å². The molecule has 0 aliphatic carbocycles. The molecule has 0 spiro atoms. The van der Waals surface area contributed by atoms with Crippen molar-refractivity contribution in [1.82, 2.24) is 0 Å². The number of carbonyl (C=O) groups excluding carboxylic acids is 2. The molecule has 0 rings (SSSR count). The summed E-state index contributed by atoms with van der Waals surface area (Å²) in [5.74, 6) is -1.61. The largest absolute Gasteiger partial charge is 0.459 e. The molecule has 0 radical (unpaired) electrons. The average molecular weight is 308 g/mol. The average Bonchev–Trinajstić information content (AvgIpc) is 2.22. The highest BCUT2D eigenvalue weighted by atomic mass is 32.2. The fraction of sp³-hybridized carbons (Fsp3) is 0.667. The Labute approximate surface area is 120 Å². The molecule has 0 aromatic heterocycles. The topological polar surface area (TPSA) is 69.7 Å². The summed E-state index contributed by atoms with van der Waals surface area (Å²) >= 11 is 1.07. The standard InChI is InChI=1S/C12H20O5S2/c1-7(2)16-10(13)9(11(14)17-8(3)4)12(18-5)19(6)15/h7-8H,1-6H3. The van der Waals surface area contributed by atoms with Gasteiger partial charge in [-0.1, -0.05) is 0 Å². The lowest BCUT2D eigenvalue weighted by molar-refractivity contribution is -0.150. The van der Waals surface area contributed by atoms with Crippen molar-refractivity contribution in [3.63, 3.8) is 0 Å². The second kappa shape index (κ2) is 8.37. The summed E-state index contributed by atoms with van der Waals surface area (Å²) in [6, 6.07) is 0. The number of carbonyl (C=O) groups is 2. The zero-order chi connectivity index (χ0) is 15.2. The molecule has 1 unspecified atom stereocenters. The van der Waals surface area contributed by atoms with Crippen LogP contribution in [0.5, 0.6) is 0 Å². The second-order valence-corrected chi connectivity index (χ2v) is 6.62. The molecule has 0 saturated carbocycles. The third-order valence-electron chi connectivity index (χ3n) is 1.74. The first-order chi connectivity index (χ1) is 8.70. The molecular weight excluding hydrogens is 288 g/mol. The first-order valence-corrected chi connectivity index (χ1v) is 8.52. The Morgan fingerprint density at radius 2 is 1.37 bits per heavy atom. The van der Waals surface area contributed by atoms with Crippen molar-refractivity contribution in [2.45, 2.75) is 39.9 Å². The highest BCUT2D eigenvalue weighted by molar-refractivity contribution is 8.16. The van der Waals surface area contributed by atoms with E-state index in [0.29, 0.717) is 0 Å². The van der Waals surface area contributed by atoms with Crippen LogP contribution in [-0.2, 0) is 29.9 Å². The van der Waals surface area contributed by atoms with Crippen molar-refractivity contribution < 1.29 is 23.3 Å². The predicted octanol–water partition coefficient (Wildman–Crippen LogP) is 1.84. The van der Waals surface area contributed by atoms with Crippen LogP contribution >= 0.6 is 11.8 Å². The molecule has 0 bridgehead atoms. The van der Waals surface area contributed by atoms with Gasteiger partial charge in [-0.25, -0.2) is 9.59 Å². The van der Waals surface area contributed by atoms with Crippen LogP contribution < -0.4 is 0 Å². The van der Waals surface area contributed by atoms with Crippen molar-refractivity contribution >= 4 is 34.5 Å². The molecule has 1 atom stereocenters. The van der Waals surface area contributed by atoms with Crippen LogP contribution in [-0.4, -0.2) is 40.9 Å². The first-order valence-electron chi connectivity index (χ1n) is 5.74. The van der Waals surface area contributed by atoms with Crippen molar-refractivity contribution in [2.75, 3.05) is 12.5 Å². The maximum absolute atomic E-state index is 12.0. The molecular formula is C12H20O5S2. The van der Waals surface area contributed by atoms with Gasteiger partial charge in [-0.05, 0) is 34.0 Å². The minimum Gasteiger partial charge on any atom is -0.459 e.